The predicted molar refractivity (Wildman–Crippen MR) is 71.6 cm³/mol. The van der Waals surface area contributed by atoms with Gasteiger partial charge in [0.1, 0.15) is 12.6 Å². The largest absolute Gasteiger partial charge is 0.480 e. The van der Waals surface area contributed by atoms with Crippen LogP contribution in [0.15, 0.2) is 0 Å². The zero-order chi connectivity index (χ0) is 16.0. The molecule has 1 fully saturated rings. The van der Waals surface area contributed by atoms with E-state index in [9.17, 15) is 19.2 Å². The lowest BCUT2D eigenvalue weighted by atomic mass is 10.2. The predicted octanol–water partition coefficient (Wildman–Crippen LogP) is -2.15. The van der Waals surface area contributed by atoms with Crippen LogP contribution >= 0.6 is 0 Å². The van der Waals surface area contributed by atoms with Gasteiger partial charge >= 0.3 is 18.0 Å². The molecule has 0 aromatic rings. The molecule has 1 rings (SSSR count). The lowest BCUT2D eigenvalue weighted by molar-refractivity contribution is -0.144. The van der Waals surface area contributed by atoms with Gasteiger partial charge in [-0.3, -0.25) is 9.69 Å². The van der Waals surface area contributed by atoms with Gasteiger partial charge in [0.05, 0.1) is 0 Å². The van der Waals surface area contributed by atoms with Crippen molar-refractivity contribution in [2.75, 3.05) is 40.3 Å². The van der Waals surface area contributed by atoms with Gasteiger partial charge < -0.3 is 26.0 Å². The van der Waals surface area contributed by atoms with Crippen molar-refractivity contribution >= 4 is 23.9 Å². The summed E-state index contributed by atoms with van der Waals surface area (Å²) in [4.78, 5) is 47.7. The van der Waals surface area contributed by atoms with E-state index >= 15 is 0 Å². The number of hydrogen-bond acceptors (Lipinski definition) is 4. The fourth-order valence-corrected chi connectivity index (χ4v) is 1.67. The maximum Gasteiger partial charge on any atom is 0.328 e. The molecule has 4 N–H and O–H groups in total. The highest BCUT2D eigenvalue weighted by atomic mass is 16.4. The van der Waals surface area contributed by atoms with E-state index in [-0.39, 0.29) is 32.2 Å². The molecule has 10 heteroatoms. The fourth-order valence-electron chi connectivity index (χ4n) is 1.67. The van der Waals surface area contributed by atoms with Gasteiger partial charge in [-0.15, -0.1) is 0 Å². The van der Waals surface area contributed by atoms with Gasteiger partial charge in [-0.2, -0.15) is 0 Å². The second kappa shape index (κ2) is 7.31. The molecular weight excluding hydrogens is 282 g/mol. The Bertz CT molecular complexity index is 439. The van der Waals surface area contributed by atoms with E-state index < -0.39 is 23.9 Å². The summed E-state index contributed by atoms with van der Waals surface area (Å²) in [5.74, 6) is -1.60. The number of piperazine rings is 1. The number of urea groups is 2. The van der Waals surface area contributed by atoms with Crippen molar-refractivity contribution in [3.05, 3.63) is 0 Å². The van der Waals surface area contributed by atoms with Crippen molar-refractivity contribution in [3.8, 4) is 0 Å². The van der Waals surface area contributed by atoms with E-state index in [0.717, 1.165) is 4.90 Å². The number of amides is 5. The number of carbonyl (C=O) groups excluding carboxylic acids is 3. The van der Waals surface area contributed by atoms with Gasteiger partial charge in [-0.1, -0.05) is 0 Å². The van der Waals surface area contributed by atoms with Gasteiger partial charge in [0.25, 0.3) is 0 Å². The van der Waals surface area contributed by atoms with Gasteiger partial charge in [0, 0.05) is 33.7 Å². The zero-order valence-electron chi connectivity index (χ0n) is 11.9. The zero-order valence-corrected chi connectivity index (χ0v) is 11.9. The van der Waals surface area contributed by atoms with Crippen LogP contribution in [0.5, 0.6) is 0 Å². The highest BCUT2D eigenvalue weighted by molar-refractivity contribution is 5.90. The molecule has 5 amide bonds. The molecule has 118 valence electrons. The van der Waals surface area contributed by atoms with Crippen molar-refractivity contribution in [1.82, 2.24) is 25.8 Å². The summed E-state index contributed by atoms with van der Waals surface area (Å²) in [5, 5.41) is 16.4. The Morgan fingerprint density at radius 2 is 1.95 bits per heavy atom. The number of hydrogen-bond donors (Lipinski definition) is 4. The van der Waals surface area contributed by atoms with Crippen molar-refractivity contribution < 1.29 is 24.3 Å². The lowest BCUT2D eigenvalue weighted by Crippen LogP contribution is -2.61. The van der Waals surface area contributed by atoms with Gasteiger partial charge in [0.2, 0.25) is 5.91 Å². The topological polar surface area (TPSA) is 131 Å². The van der Waals surface area contributed by atoms with Crippen LogP contribution in [0, 0.1) is 0 Å². The quantitative estimate of drug-likeness (QED) is 0.440. The summed E-state index contributed by atoms with van der Waals surface area (Å²) in [5.41, 5.74) is 0. The van der Waals surface area contributed by atoms with Crippen molar-refractivity contribution in [3.63, 3.8) is 0 Å². The molecule has 0 spiro atoms. The smallest absolute Gasteiger partial charge is 0.328 e. The van der Waals surface area contributed by atoms with E-state index in [0.29, 0.717) is 0 Å². The van der Waals surface area contributed by atoms with Crippen molar-refractivity contribution in [1.29, 1.82) is 0 Å². The summed E-state index contributed by atoms with van der Waals surface area (Å²) in [6.07, 6.45) is 0. The summed E-state index contributed by atoms with van der Waals surface area (Å²) < 4.78 is 0. The number of nitrogens with zero attached hydrogens (tertiary/aromatic N) is 2. The Morgan fingerprint density at radius 3 is 2.52 bits per heavy atom. The third kappa shape index (κ3) is 4.82. The SMILES string of the molecule is CN(C)C(=O)NCCNC(=O)N1CC(=O)NCC1C(=O)O. The molecule has 21 heavy (non-hydrogen) atoms. The van der Waals surface area contributed by atoms with Crippen LogP contribution in [-0.4, -0.2) is 85.2 Å². The van der Waals surface area contributed by atoms with E-state index in [4.69, 9.17) is 5.11 Å². The van der Waals surface area contributed by atoms with Gasteiger partial charge in [-0.05, 0) is 0 Å². The molecule has 1 aliphatic rings. The van der Waals surface area contributed by atoms with E-state index in [1.807, 2.05) is 0 Å². The van der Waals surface area contributed by atoms with Crippen LogP contribution in [0.1, 0.15) is 0 Å². The van der Waals surface area contributed by atoms with Crippen LogP contribution in [0.4, 0.5) is 9.59 Å². The average molecular weight is 301 g/mol. The fraction of sp³-hybridized carbons (Fsp3) is 0.636. The van der Waals surface area contributed by atoms with E-state index in [1.165, 1.54) is 4.90 Å². The molecule has 0 bridgehead atoms. The average Bonchev–Trinajstić information content (AvgIpc) is 2.42. The Morgan fingerprint density at radius 1 is 1.33 bits per heavy atom. The summed E-state index contributed by atoms with van der Waals surface area (Å²) in [6.45, 7) is -0.116. The third-order valence-corrected chi connectivity index (χ3v) is 2.81. The first kappa shape index (κ1) is 16.5. The highest BCUT2D eigenvalue weighted by Crippen LogP contribution is 2.04. The number of carboxylic acids is 1. The summed E-state index contributed by atoms with van der Waals surface area (Å²) >= 11 is 0. The first-order valence-corrected chi connectivity index (χ1v) is 6.32. The second-order valence-corrected chi connectivity index (χ2v) is 4.64. The summed E-state index contributed by atoms with van der Waals surface area (Å²) in [7, 11) is 3.16. The van der Waals surface area contributed by atoms with Gasteiger partial charge in [-0.25, -0.2) is 14.4 Å². The van der Waals surface area contributed by atoms with Crippen molar-refractivity contribution in [2.45, 2.75) is 6.04 Å². The Labute approximate surface area is 121 Å². The number of carbonyl (C=O) groups is 4. The Hall–Kier alpha value is -2.52. The molecule has 1 heterocycles. The van der Waals surface area contributed by atoms with E-state index in [1.54, 1.807) is 14.1 Å². The molecule has 1 atom stereocenters. The van der Waals surface area contributed by atoms with E-state index in [2.05, 4.69) is 16.0 Å². The molecule has 0 aromatic heterocycles. The van der Waals surface area contributed by atoms with Crippen LogP contribution < -0.4 is 16.0 Å². The first-order chi connectivity index (χ1) is 9.82. The van der Waals surface area contributed by atoms with Crippen LogP contribution in [0.2, 0.25) is 0 Å². The molecule has 1 saturated heterocycles. The third-order valence-electron chi connectivity index (χ3n) is 2.81. The number of aliphatic carboxylic acids is 1. The molecule has 1 unspecified atom stereocenters. The maximum atomic E-state index is 11.9. The monoisotopic (exact) mass is 301 g/mol. The number of rotatable bonds is 4. The second-order valence-electron chi connectivity index (χ2n) is 4.64. The van der Waals surface area contributed by atoms with Gasteiger partial charge in [0.15, 0.2) is 0 Å². The lowest BCUT2D eigenvalue weighted by Gasteiger charge is -2.32. The Kier molecular flexibility index (Phi) is 5.76. The molecule has 0 saturated carbocycles. The molecular formula is C11H19N5O5. The number of nitrogens with one attached hydrogen (secondary N) is 3. The molecule has 0 aliphatic carbocycles. The summed E-state index contributed by atoms with van der Waals surface area (Å²) in [6, 6.07) is -2.06. The number of carboxylic acid groups (broad SMARTS) is 1. The standard InChI is InChI=1S/C11H19N5O5/c1-15(2)10(20)12-3-4-13-11(21)16-6-8(17)14-5-7(16)9(18)19/h7H,3-6H2,1-2H3,(H,12,20)(H,13,21)(H,14,17)(H,18,19). The van der Waals surface area contributed by atoms with Crippen molar-refractivity contribution in [2.24, 2.45) is 0 Å². The molecule has 1 aliphatic heterocycles. The first-order valence-electron chi connectivity index (χ1n) is 6.32. The molecule has 0 radical (unpaired) electrons. The maximum absolute atomic E-state index is 11.9. The highest BCUT2D eigenvalue weighted by Gasteiger charge is 2.34. The molecule has 0 aromatic carbocycles. The molecule has 10 nitrogen and oxygen atoms in total. The van der Waals surface area contributed by atoms with Crippen LogP contribution in [0.25, 0.3) is 0 Å². The van der Waals surface area contributed by atoms with Crippen LogP contribution in [-0.2, 0) is 9.59 Å². The van der Waals surface area contributed by atoms with Crippen LogP contribution in [0.3, 0.4) is 0 Å². The normalized spacial score (nSPS) is 17.7. The minimum Gasteiger partial charge on any atom is -0.480 e. The minimum absolute atomic E-state index is 0.126. The Balaban J connectivity index is 2.43. The minimum atomic E-state index is -1.19.